The molecule has 0 bridgehead atoms. The van der Waals surface area contributed by atoms with Crippen molar-refractivity contribution in [1.82, 2.24) is 4.31 Å². The molecule has 9 heteroatoms. The van der Waals surface area contributed by atoms with Gasteiger partial charge in [0.15, 0.2) is 0 Å². The third-order valence-corrected chi connectivity index (χ3v) is 6.54. The lowest BCUT2D eigenvalue weighted by Gasteiger charge is -2.20. The average molecular weight is 375 g/mol. The number of benzene rings is 1. The summed E-state index contributed by atoms with van der Waals surface area (Å²) in [6, 6.07) is 6.01. The van der Waals surface area contributed by atoms with Crippen LogP contribution in [0.3, 0.4) is 0 Å². The Morgan fingerprint density at radius 2 is 2.09 bits per heavy atom. The molecule has 0 amide bonds. The zero-order chi connectivity index (χ0) is 17.2. The van der Waals surface area contributed by atoms with Gasteiger partial charge >= 0.3 is 0 Å². The fourth-order valence-corrected chi connectivity index (χ4v) is 4.63. The molecule has 124 valence electrons. The number of rotatable bonds is 6. The van der Waals surface area contributed by atoms with E-state index in [1.54, 1.807) is 6.92 Å². The maximum Gasteiger partial charge on any atom is 0.275 e. The monoisotopic (exact) mass is 374 g/mol. The molecule has 6 nitrogen and oxygen atoms in total. The van der Waals surface area contributed by atoms with Crippen molar-refractivity contribution in [3.8, 4) is 0 Å². The van der Waals surface area contributed by atoms with Crippen molar-refractivity contribution >= 4 is 38.6 Å². The van der Waals surface area contributed by atoms with E-state index in [0.29, 0.717) is 0 Å². The maximum atomic E-state index is 12.8. The largest absolute Gasteiger partial charge is 0.275 e. The van der Waals surface area contributed by atoms with Crippen LogP contribution in [0.15, 0.2) is 34.5 Å². The first-order chi connectivity index (χ1) is 10.8. The van der Waals surface area contributed by atoms with Gasteiger partial charge in [-0.1, -0.05) is 24.6 Å². The van der Waals surface area contributed by atoms with Gasteiger partial charge in [-0.05, 0) is 24.4 Å². The second-order valence-electron chi connectivity index (χ2n) is 4.82. The lowest BCUT2D eigenvalue weighted by molar-refractivity contribution is -0.385. The van der Waals surface area contributed by atoms with Gasteiger partial charge in [0.05, 0.1) is 14.8 Å². The number of thiophene rings is 1. The van der Waals surface area contributed by atoms with Crippen LogP contribution in [-0.4, -0.2) is 24.2 Å². The molecular formula is C14H15ClN2O4S2. The summed E-state index contributed by atoms with van der Waals surface area (Å²) in [6.07, 6.45) is 0. The molecule has 0 spiro atoms. The highest BCUT2D eigenvalue weighted by molar-refractivity contribution is 7.89. The molecule has 1 heterocycles. The van der Waals surface area contributed by atoms with Crippen molar-refractivity contribution in [1.29, 1.82) is 0 Å². The van der Waals surface area contributed by atoms with E-state index in [0.717, 1.165) is 10.9 Å². The van der Waals surface area contributed by atoms with E-state index in [9.17, 15) is 18.5 Å². The minimum atomic E-state index is -3.87. The van der Waals surface area contributed by atoms with E-state index in [4.69, 9.17) is 11.6 Å². The smallest absolute Gasteiger partial charge is 0.258 e. The van der Waals surface area contributed by atoms with Gasteiger partial charge in [-0.15, -0.1) is 11.3 Å². The van der Waals surface area contributed by atoms with Gasteiger partial charge in [-0.25, -0.2) is 8.42 Å². The van der Waals surface area contributed by atoms with Crippen molar-refractivity contribution in [3.05, 3.63) is 55.2 Å². The van der Waals surface area contributed by atoms with Crippen molar-refractivity contribution in [2.75, 3.05) is 6.54 Å². The molecule has 0 radical (unpaired) electrons. The second kappa shape index (κ2) is 6.96. The quantitative estimate of drug-likeness (QED) is 0.568. The second-order valence-corrected chi connectivity index (χ2v) is 8.19. The van der Waals surface area contributed by atoms with Gasteiger partial charge in [0.1, 0.15) is 0 Å². The van der Waals surface area contributed by atoms with Crippen molar-refractivity contribution in [2.45, 2.75) is 25.3 Å². The molecule has 1 aromatic carbocycles. The first-order valence-corrected chi connectivity index (χ1v) is 9.44. The fraction of sp³-hybridized carbons (Fsp3) is 0.286. The molecule has 2 aromatic rings. The topological polar surface area (TPSA) is 80.5 Å². The van der Waals surface area contributed by atoms with E-state index in [1.165, 1.54) is 28.6 Å². The summed E-state index contributed by atoms with van der Waals surface area (Å²) in [4.78, 5) is 11.2. The van der Waals surface area contributed by atoms with E-state index in [-0.39, 0.29) is 34.3 Å². The molecule has 0 unspecified atom stereocenters. The number of nitro benzene ring substituents is 1. The van der Waals surface area contributed by atoms with Gasteiger partial charge in [0.2, 0.25) is 10.0 Å². The number of sulfonamides is 1. The van der Waals surface area contributed by atoms with Crippen molar-refractivity contribution < 1.29 is 13.3 Å². The van der Waals surface area contributed by atoms with Crippen molar-refractivity contribution in [2.24, 2.45) is 0 Å². The van der Waals surface area contributed by atoms with Gasteiger partial charge < -0.3 is 0 Å². The highest BCUT2D eigenvalue weighted by Crippen LogP contribution is 2.31. The SMILES string of the molecule is CCN(Cc1cccs1)S(=O)(=O)c1cc(Cl)c(C)c([N+](=O)[O-])c1. The van der Waals surface area contributed by atoms with Gasteiger partial charge in [-0.2, -0.15) is 4.31 Å². The summed E-state index contributed by atoms with van der Waals surface area (Å²) in [6.45, 7) is 3.67. The summed E-state index contributed by atoms with van der Waals surface area (Å²) < 4.78 is 26.8. The highest BCUT2D eigenvalue weighted by Gasteiger charge is 2.27. The van der Waals surface area contributed by atoms with Gasteiger partial charge in [0, 0.05) is 29.6 Å². The Bertz CT molecular complexity index is 820. The van der Waals surface area contributed by atoms with Crippen molar-refractivity contribution in [3.63, 3.8) is 0 Å². The highest BCUT2D eigenvalue weighted by atomic mass is 35.5. The third kappa shape index (κ3) is 3.72. The lowest BCUT2D eigenvalue weighted by atomic mass is 10.2. The number of halogens is 1. The minimum absolute atomic E-state index is 0.0601. The number of nitro groups is 1. The van der Waals surface area contributed by atoms with Crippen LogP contribution >= 0.6 is 22.9 Å². The summed E-state index contributed by atoms with van der Waals surface area (Å²) in [5.41, 5.74) is -0.0554. The Morgan fingerprint density at radius 1 is 1.39 bits per heavy atom. The standard InChI is InChI=1S/C14H15ClN2O4S2/c1-3-16(9-11-5-4-6-22-11)23(20,21)12-7-13(15)10(2)14(8-12)17(18)19/h4-8H,3,9H2,1-2H3. The van der Waals surface area contributed by atoms with Crippen LogP contribution in [0.2, 0.25) is 5.02 Å². The number of nitrogens with zero attached hydrogens (tertiary/aromatic N) is 2. The Hall–Kier alpha value is -1.48. The average Bonchev–Trinajstić information content (AvgIpc) is 2.99. The summed E-state index contributed by atoms with van der Waals surface area (Å²) >= 11 is 7.43. The Morgan fingerprint density at radius 3 is 2.61 bits per heavy atom. The lowest BCUT2D eigenvalue weighted by Crippen LogP contribution is -2.30. The number of hydrogen-bond acceptors (Lipinski definition) is 5. The fourth-order valence-electron chi connectivity index (χ4n) is 2.07. The van der Waals surface area contributed by atoms with Crippen LogP contribution in [0, 0.1) is 17.0 Å². The molecule has 0 aliphatic heterocycles. The molecule has 0 saturated heterocycles. The van der Waals surface area contributed by atoms with E-state index < -0.39 is 14.9 Å². The first-order valence-electron chi connectivity index (χ1n) is 6.74. The zero-order valence-electron chi connectivity index (χ0n) is 12.5. The number of hydrogen-bond donors (Lipinski definition) is 0. The third-order valence-electron chi connectivity index (χ3n) is 3.39. The normalized spacial score (nSPS) is 11.8. The van der Waals surface area contributed by atoms with Crippen LogP contribution in [0.25, 0.3) is 0 Å². The van der Waals surface area contributed by atoms with Crippen LogP contribution in [0.5, 0.6) is 0 Å². The molecule has 23 heavy (non-hydrogen) atoms. The molecule has 0 aliphatic carbocycles. The maximum absolute atomic E-state index is 12.8. The van der Waals surface area contributed by atoms with Crippen LogP contribution in [0.4, 0.5) is 5.69 Å². The van der Waals surface area contributed by atoms with Gasteiger partial charge in [-0.3, -0.25) is 10.1 Å². The minimum Gasteiger partial charge on any atom is -0.258 e. The summed E-state index contributed by atoms with van der Waals surface area (Å²) in [7, 11) is -3.87. The molecule has 1 aromatic heterocycles. The van der Waals surface area contributed by atoms with E-state index in [2.05, 4.69) is 0 Å². The molecule has 0 aliphatic rings. The first kappa shape index (κ1) is 17.9. The molecule has 0 saturated carbocycles. The molecule has 2 rings (SSSR count). The zero-order valence-corrected chi connectivity index (χ0v) is 14.9. The Labute approximate surface area is 143 Å². The van der Waals surface area contributed by atoms with E-state index in [1.807, 2.05) is 17.5 Å². The molecule has 0 atom stereocenters. The Balaban J connectivity index is 2.47. The van der Waals surface area contributed by atoms with Crippen LogP contribution in [0.1, 0.15) is 17.4 Å². The summed E-state index contributed by atoms with van der Waals surface area (Å²) in [5.74, 6) is 0. The van der Waals surface area contributed by atoms with Gasteiger partial charge in [0.25, 0.3) is 5.69 Å². The predicted molar refractivity (Wildman–Crippen MR) is 90.4 cm³/mol. The van der Waals surface area contributed by atoms with Crippen LogP contribution in [-0.2, 0) is 16.6 Å². The molecule has 0 fully saturated rings. The summed E-state index contributed by atoms with van der Waals surface area (Å²) in [5, 5.41) is 13.0. The van der Waals surface area contributed by atoms with Crippen LogP contribution < -0.4 is 0 Å². The van der Waals surface area contributed by atoms with E-state index >= 15 is 0 Å². The predicted octanol–water partition coefficient (Wildman–Crippen LogP) is 3.83. The molecular weight excluding hydrogens is 360 g/mol. The Kier molecular flexibility index (Phi) is 5.41. The molecule has 0 N–H and O–H groups in total.